The van der Waals surface area contributed by atoms with E-state index in [0.29, 0.717) is 17.7 Å². The second kappa shape index (κ2) is 10.4. The van der Waals surface area contributed by atoms with E-state index >= 15 is 0 Å². The molecule has 5 heteroatoms. The third-order valence-electron chi connectivity index (χ3n) is 4.97. The number of nitrogens with zero attached hydrogens (tertiary/aromatic N) is 2. The first-order chi connectivity index (χ1) is 14.2. The number of oxime groups is 1. The molecule has 2 aromatic carbocycles. The summed E-state index contributed by atoms with van der Waals surface area (Å²) in [5, 5.41) is 12.8. The normalized spacial score (nSPS) is 15.3. The summed E-state index contributed by atoms with van der Waals surface area (Å²) < 4.78 is 5.46. The highest BCUT2D eigenvalue weighted by molar-refractivity contribution is 6.01. The van der Waals surface area contributed by atoms with Crippen LogP contribution in [0.5, 0.6) is 5.75 Å². The molecule has 3 rings (SSSR count). The molecule has 0 aliphatic carbocycles. The zero-order chi connectivity index (χ0) is 20.5. The smallest absolute Gasteiger partial charge is 0.343 e. The van der Waals surface area contributed by atoms with Crippen molar-refractivity contribution < 1.29 is 14.4 Å². The summed E-state index contributed by atoms with van der Waals surface area (Å²) in [6.45, 7) is 2.22. The summed E-state index contributed by atoms with van der Waals surface area (Å²) in [6, 6.07) is 16.8. The summed E-state index contributed by atoms with van der Waals surface area (Å²) >= 11 is 0. The van der Waals surface area contributed by atoms with E-state index in [-0.39, 0.29) is 5.97 Å². The van der Waals surface area contributed by atoms with Crippen molar-refractivity contribution in [1.82, 2.24) is 0 Å². The molecule has 0 fully saturated rings. The van der Waals surface area contributed by atoms with E-state index in [1.54, 1.807) is 12.1 Å². The van der Waals surface area contributed by atoms with Crippen molar-refractivity contribution in [2.75, 3.05) is 0 Å². The fourth-order valence-corrected chi connectivity index (χ4v) is 3.24. The number of unbranched alkanes of at least 4 members (excludes halogenated alkanes) is 4. The molecule has 0 bridgehead atoms. The highest BCUT2D eigenvalue weighted by atomic mass is 16.6. The van der Waals surface area contributed by atoms with Crippen LogP contribution in [-0.2, 0) is 11.3 Å². The van der Waals surface area contributed by atoms with Crippen LogP contribution in [0.3, 0.4) is 0 Å². The number of rotatable bonds is 9. The van der Waals surface area contributed by atoms with E-state index in [4.69, 9.17) is 14.8 Å². The number of benzene rings is 2. The average Bonchev–Trinajstić information content (AvgIpc) is 3.24. The Labute approximate surface area is 171 Å². The monoisotopic (exact) mass is 390 g/mol. The van der Waals surface area contributed by atoms with E-state index in [2.05, 4.69) is 12.1 Å². The third kappa shape index (κ3) is 5.92. The molecule has 1 aliphatic heterocycles. The number of hydrogen-bond acceptors (Lipinski definition) is 5. The zero-order valence-corrected chi connectivity index (χ0v) is 16.8. The van der Waals surface area contributed by atoms with Crippen LogP contribution in [0.1, 0.15) is 66.9 Å². The number of carbonyl (C=O) groups excluding carboxylic acids is 1. The van der Waals surface area contributed by atoms with Crippen molar-refractivity contribution in [1.29, 1.82) is 5.26 Å². The van der Waals surface area contributed by atoms with Crippen molar-refractivity contribution in [3.05, 3.63) is 65.2 Å². The predicted molar refractivity (Wildman–Crippen MR) is 112 cm³/mol. The van der Waals surface area contributed by atoms with Gasteiger partial charge in [-0.25, -0.2) is 4.79 Å². The second-order valence-corrected chi connectivity index (χ2v) is 7.24. The molecule has 0 N–H and O–H groups in total. The Hall–Kier alpha value is -3.13. The number of ether oxygens (including phenoxy) is 1. The summed E-state index contributed by atoms with van der Waals surface area (Å²) in [5.41, 5.74) is 3.36. The molecule has 1 heterocycles. The lowest BCUT2D eigenvalue weighted by Crippen LogP contribution is -2.09. The summed E-state index contributed by atoms with van der Waals surface area (Å²) in [7, 11) is 0. The van der Waals surface area contributed by atoms with Crippen LogP contribution in [0, 0.1) is 11.3 Å². The van der Waals surface area contributed by atoms with Gasteiger partial charge in [-0.1, -0.05) is 49.9 Å². The van der Waals surface area contributed by atoms with Crippen molar-refractivity contribution in [2.45, 2.75) is 58.0 Å². The van der Waals surface area contributed by atoms with E-state index in [9.17, 15) is 4.79 Å². The minimum absolute atomic E-state index is 0.377. The SMILES string of the molecule is CCCCCCCc1ccc(C(=O)Oc2ccc(C3=NOC(C#N)C3)cc2)cc1. The van der Waals surface area contributed by atoms with Gasteiger partial charge in [-0.2, -0.15) is 5.26 Å². The Morgan fingerprint density at radius 1 is 1.10 bits per heavy atom. The molecule has 29 heavy (non-hydrogen) atoms. The lowest BCUT2D eigenvalue weighted by Gasteiger charge is -2.07. The first kappa shape index (κ1) is 20.6. The number of carbonyl (C=O) groups is 1. The van der Waals surface area contributed by atoms with Gasteiger partial charge in [0.25, 0.3) is 0 Å². The number of esters is 1. The van der Waals surface area contributed by atoms with Gasteiger partial charge in [0.05, 0.1) is 11.3 Å². The van der Waals surface area contributed by atoms with Gasteiger partial charge in [0.2, 0.25) is 6.10 Å². The molecular weight excluding hydrogens is 364 g/mol. The minimum Gasteiger partial charge on any atom is -0.423 e. The van der Waals surface area contributed by atoms with Gasteiger partial charge in [-0.3, -0.25) is 0 Å². The fourth-order valence-electron chi connectivity index (χ4n) is 3.24. The molecule has 1 unspecified atom stereocenters. The van der Waals surface area contributed by atoms with E-state index in [1.165, 1.54) is 37.7 Å². The van der Waals surface area contributed by atoms with Gasteiger partial charge < -0.3 is 9.57 Å². The summed E-state index contributed by atoms with van der Waals surface area (Å²) in [4.78, 5) is 17.4. The molecule has 2 aromatic rings. The standard InChI is InChI=1S/C24H26N2O3/c1-2-3-4-5-6-7-18-8-10-20(11-9-18)24(27)28-21-14-12-19(13-15-21)23-16-22(17-25)29-26-23/h8-15,22H,2-7,16H2,1H3. The molecule has 0 amide bonds. The van der Waals surface area contributed by atoms with Gasteiger partial charge in [0.15, 0.2) is 0 Å². The van der Waals surface area contributed by atoms with Crippen LogP contribution in [0.2, 0.25) is 0 Å². The molecule has 1 atom stereocenters. The topological polar surface area (TPSA) is 71.7 Å². The minimum atomic E-state index is -0.526. The van der Waals surface area contributed by atoms with Crippen molar-refractivity contribution in [3.8, 4) is 11.8 Å². The Kier molecular flexibility index (Phi) is 7.40. The second-order valence-electron chi connectivity index (χ2n) is 7.24. The summed E-state index contributed by atoms with van der Waals surface area (Å²) in [5.74, 6) is 0.0911. The quantitative estimate of drug-likeness (QED) is 0.325. The Bertz CT molecular complexity index is 880. The maximum absolute atomic E-state index is 12.4. The van der Waals surface area contributed by atoms with Crippen LogP contribution in [-0.4, -0.2) is 17.8 Å². The number of hydrogen-bond donors (Lipinski definition) is 0. The van der Waals surface area contributed by atoms with Crippen molar-refractivity contribution >= 4 is 11.7 Å². The highest BCUT2D eigenvalue weighted by Crippen LogP contribution is 2.20. The molecule has 0 aromatic heterocycles. The van der Waals surface area contributed by atoms with E-state index in [1.807, 2.05) is 42.5 Å². The highest BCUT2D eigenvalue weighted by Gasteiger charge is 2.21. The molecule has 150 valence electrons. The van der Waals surface area contributed by atoms with Gasteiger partial charge in [0, 0.05) is 6.42 Å². The van der Waals surface area contributed by atoms with Gasteiger partial charge in [-0.15, -0.1) is 0 Å². The maximum Gasteiger partial charge on any atom is 0.343 e. The van der Waals surface area contributed by atoms with E-state index < -0.39 is 6.10 Å². The molecule has 0 spiro atoms. The first-order valence-electron chi connectivity index (χ1n) is 10.2. The van der Waals surface area contributed by atoms with Crippen LogP contribution in [0.4, 0.5) is 0 Å². The van der Waals surface area contributed by atoms with E-state index in [0.717, 1.165) is 17.7 Å². The van der Waals surface area contributed by atoms with Gasteiger partial charge in [0.1, 0.15) is 11.8 Å². The van der Waals surface area contributed by atoms with Crippen molar-refractivity contribution in [2.24, 2.45) is 5.16 Å². The Morgan fingerprint density at radius 2 is 1.83 bits per heavy atom. The first-order valence-corrected chi connectivity index (χ1v) is 10.2. The molecule has 5 nitrogen and oxygen atoms in total. The van der Waals surface area contributed by atoms with Crippen LogP contribution in [0.15, 0.2) is 53.7 Å². The molecule has 0 saturated heterocycles. The van der Waals surface area contributed by atoms with Crippen molar-refractivity contribution in [3.63, 3.8) is 0 Å². The molecule has 0 radical (unpaired) electrons. The molecule has 0 saturated carbocycles. The van der Waals surface area contributed by atoms with Gasteiger partial charge in [-0.05, 0) is 60.4 Å². The predicted octanol–water partition coefficient (Wildman–Crippen LogP) is 5.44. The molecular formula is C24H26N2O3. The van der Waals surface area contributed by atoms with Gasteiger partial charge >= 0.3 is 5.97 Å². The Balaban J connectivity index is 1.50. The summed E-state index contributed by atoms with van der Waals surface area (Å²) in [6.07, 6.45) is 7.26. The third-order valence-corrected chi connectivity index (χ3v) is 4.97. The lowest BCUT2D eigenvalue weighted by atomic mass is 10.0. The maximum atomic E-state index is 12.4. The number of aryl methyl sites for hydroxylation is 1. The Morgan fingerprint density at radius 3 is 2.48 bits per heavy atom. The van der Waals surface area contributed by atoms with Crippen LogP contribution in [0.25, 0.3) is 0 Å². The average molecular weight is 390 g/mol. The largest absolute Gasteiger partial charge is 0.423 e. The lowest BCUT2D eigenvalue weighted by molar-refractivity contribution is 0.0734. The van der Waals surface area contributed by atoms with Crippen LogP contribution >= 0.6 is 0 Å². The number of nitriles is 1. The fraction of sp³-hybridized carbons (Fsp3) is 0.375. The van der Waals surface area contributed by atoms with Crippen LogP contribution < -0.4 is 4.74 Å². The molecule has 1 aliphatic rings. The zero-order valence-electron chi connectivity index (χ0n) is 16.8.